The number of carboxylic acids is 1. The van der Waals surface area contributed by atoms with Gasteiger partial charge >= 0.3 is 5.97 Å². The second-order valence-electron chi connectivity index (χ2n) is 4.40. The van der Waals surface area contributed by atoms with E-state index in [4.69, 9.17) is 10.8 Å². The smallest absolute Gasteiger partial charge is 0.335 e. The van der Waals surface area contributed by atoms with Crippen LogP contribution in [0.1, 0.15) is 10.4 Å². The van der Waals surface area contributed by atoms with Crippen LogP contribution in [-0.2, 0) is 0 Å². The van der Waals surface area contributed by atoms with E-state index in [1.165, 1.54) is 0 Å². The van der Waals surface area contributed by atoms with E-state index in [2.05, 4.69) is 0 Å². The number of nitrogens with zero attached hydrogens (tertiary/aromatic N) is 1. The summed E-state index contributed by atoms with van der Waals surface area (Å²) in [4.78, 5) is 10.8. The van der Waals surface area contributed by atoms with E-state index in [9.17, 15) is 4.79 Å². The number of carboxylic acid groups (broad SMARTS) is 1. The molecule has 2 heterocycles. The number of nitrogens with two attached hydrogens (primary N) is 1. The predicted octanol–water partition coefficient (Wildman–Crippen LogP) is 3.49. The molecule has 20 heavy (non-hydrogen) atoms. The number of aromatic carboxylic acids is 1. The summed E-state index contributed by atoms with van der Waals surface area (Å²) in [7, 11) is 0. The summed E-state index contributed by atoms with van der Waals surface area (Å²) in [6.45, 7) is 0. The molecule has 0 aliphatic heterocycles. The van der Waals surface area contributed by atoms with Gasteiger partial charge in [-0.05, 0) is 46.7 Å². The largest absolute Gasteiger partial charge is 0.478 e. The second-order valence-corrected chi connectivity index (χ2v) is 5.18. The average molecular weight is 284 g/mol. The van der Waals surface area contributed by atoms with Crippen molar-refractivity contribution in [2.24, 2.45) is 0 Å². The van der Waals surface area contributed by atoms with Crippen molar-refractivity contribution >= 4 is 23.0 Å². The molecule has 0 bridgehead atoms. The van der Waals surface area contributed by atoms with Gasteiger partial charge in [-0.25, -0.2) is 4.79 Å². The minimum absolute atomic E-state index is 0.270. The van der Waals surface area contributed by atoms with Crippen LogP contribution in [0.5, 0.6) is 0 Å². The number of hydrogen-bond donors (Lipinski definition) is 2. The summed E-state index contributed by atoms with van der Waals surface area (Å²) < 4.78 is 1.90. The van der Waals surface area contributed by atoms with E-state index >= 15 is 0 Å². The Balaban J connectivity index is 1.99. The molecular weight excluding hydrogens is 272 g/mol. The zero-order valence-electron chi connectivity index (χ0n) is 10.5. The number of rotatable bonds is 3. The van der Waals surface area contributed by atoms with Gasteiger partial charge in [-0.15, -0.1) is 0 Å². The molecule has 0 aliphatic rings. The van der Waals surface area contributed by atoms with Crippen LogP contribution < -0.4 is 5.73 Å². The van der Waals surface area contributed by atoms with Gasteiger partial charge in [0.25, 0.3) is 0 Å². The Bertz CT molecular complexity index is 743. The van der Waals surface area contributed by atoms with Crippen molar-refractivity contribution in [1.82, 2.24) is 4.57 Å². The molecule has 0 fully saturated rings. The lowest BCUT2D eigenvalue weighted by atomic mass is 10.2. The molecule has 3 aromatic rings. The molecule has 0 saturated carbocycles. The monoisotopic (exact) mass is 284 g/mol. The van der Waals surface area contributed by atoms with Crippen LogP contribution in [0.4, 0.5) is 5.69 Å². The van der Waals surface area contributed by atoms with Crippen LogP contribution >= 0.6 is 11.3 Å². The van der Waals surface area contributed by atoms with Gasteiger partial charge in [0.1, 0.15) is 0 Å². The van der Waals surface area contributed by atoms with Crippen molar-refractivity contribution in [3.05, 3.63) is 59.0 Å². The molecule has 2 aromatic heterocycles. The molecule has 0 atom stereocenters. The van der Waals surface area contributed by atoms with Crippen LogP contribution in [0.3, 0.4) is 0 Å². The molecule has 0 aliphatic carbocycles. The van der Waals surface area contributed by atoms with Gasteiger partial charge < -0.3 is 15.4 Å². The highest BCUT2D eigenvalue weighted by Crippen LogP contribution is 2.30. The molecule has 0 unspecified atom stereocenters. The molecule has 0 spiro atoms. The SMILES string of the molecule is Nc1cn(-c2ccc(C(=O)O)cc2)cc1-c1ccsc1. The maximum Gasteiger partial charge on any atom is 0.335 e. The Morgan fingerprint density at radius 2 is 1.90 bits per heavy atom. The van der Waals surface area contributed by atoms with Gasteiger partial charge in [0.05, 0.1) is 11.3 Å². The van der Waals surface area contributed by atoms with E-state index in [-0.39, 0.29) is 5.56 Å². The maximum atomic E-state index is 10.8. The Morgan fingerprint density at radius 3 is 2.50 bits per heavy atom. The highest BCUT2D eigenvalue weighted by molar-refractivity contribution is 7.08. The topological polar surface area (TPSA) is 68.2 Å². The lowest BCUT2D eigenvalue weighted by Crippen LogP contribution is -1.97. The summed E-state index contributed by atoms with van der Waals surface area (Å²) in [6, 6.07) is 8.71. The Kier molecular flexibility index (Phi) is 3.04. The molecular formula is C15H12N2O2S. The van der Waals surface area contributed by atoms with Gasteiger partial charge in [0.15, 0.2) is 0 Å². The Hall–Kier alpha value is -2.53. The first-order valence-corrected chi connectivity index (χ1v) is 6.93. The van der Waals surface area contributed by atoms with Gasteiger partial charge in [-0.3, -0.25) is 0 Å². The summed E-state index contributed by atoms with van der Waals surface area (Å²) >= 11 is 1.62. The average Bonchev–Trinajstić information content (AvgIpc) is 3.07. The molecule has 4 nitrogen and oxygen atoms in total. The molecule has 0 saturated heterocycles. The summed E-state index contributed by atoms with van der Waals surface area (Å²) in [5, 5.41) is 12.9. The summed E-state index contributed by atoms with van der Waals surface area (Å²) in [6.07, 6.45) is 3.79. The molecule has 100 valence electrons. The van der Waals surface area contributed by atoms with E-state index < -0.39 is 5.97 Å². The zero-order chi connectivity index (χ0) is 14.1. The van der Waals surface area contributed by atoms with Gasteiger partial charge in [-0.1, -0.05) is 0 Å². The van der Waals surface area contributed by atoms with E-state index in [1.807, 2.05) is 33.8 Å². The van der Waals surface area contributed by atoms with Crippen molar-refractivity contribution in [3.8, 4) is 16.8 Å². The fourth-order valence-electron chi connectivity index (χ4n) is 2.05. The highest BCUT2D eigenvalue weighted by atomic mass is 32.1. The summed E-state index contributed by atoms with van der Waals surface area (Å²) in [5.74, 6) is -0.928. The first kappa shape index (κ1) is 12.5. The molecule has 0 amide bonds. The van der Waals surface area contributed by atoms with E-state index in [0.717, 1.165) is 16.8 Å². The lowest BCUT2D eigenvalue weighted by molar-refractivity contribution is 0.0697. The van der Waals surface area contributed by atoms with E-state index in [0.29, 0.717) is 5.69 Å². The van der Waals surface area contributed by atoms with Crippen LogP contribution in [0.25, 0.3) is 16.8 Å². The predicted molar refractivity (Wildman–Crippen MR) is 80.5 cm³/mol. The van der Waals surface area contributed by atoms with Gasteiger partial charge in [0.2, 0.25) is 0 Å². The second kappa shape index (κ2) is 4.86. The third kappa shape index (κ3) is 2.19. The molecule has 3 rings (SSSR count). The van der Waals surface area contributed by atoms with Crippen molar-refractivity contribution in [2.75, 3.05) is 5.73 Å². The highest BCUT2D eigenvalue weighted by Gasteiger charge is 2.08. The number of nitrogen functional groups attached to an aromatic ring is 1. The molecule has 3 N–H and O–H groups in total. The lowest BCUT2D eigenvalue weighted by Gasteiger charge is -2.02. The van der Waals surface area contributed by atoms with E-state index in [1.54, 1.807) is 35.6 Å². The third-order valence-corrected chi connectivity index (χ3v) is 3.79. The van der Waals surface area contributed by atoms with Crippen molar-refractivity contribution in [1.29, 1.82) is 0 Å². The molecule has 0 radical (unpaired) electrons. The first-order chi connectivity index (χ1) is 9.65. The van der Waals surface area contributed by atoms with Crippen LogP contribution in [0, 0.1) is 0 Å². The fourth-order valence-corrected chi connectivity index (χ4v) is 2.71. The van der Waals surface area contributed by atoms with Gasteiger partial charge in [0, 0.05) is 23.6 Å². The number of thiophene rings is 1. The fraction of sp³-hybridized carbons (Fsp3) is 0. The quantitative estimate of drug-likeness (QED) is 0.773. The Morgan fingerprint density at radius 1 is 1.15 bits per heavy atom. The number of aromatic nitrogens is 1. The van der Waals surface area contributed by atoms with Crippen molar-refractivity contribution in [2.45, 2.75) is 0 Å². The van der Waals surface area contributed by atoms with Crippen molar-refractivity contribution in [3.63, 3.8) is 0 Å². The normalized spacial score (nSPS) is 10.6. The number of anilines is 1. The van der Waals surface area contributed by atoms with Gasteiger partial charge in [-0.2, -0.15) is 11.3 Å². The molecule has 1 aromatic carbocycles. The molecule has 5 heteroatoms. The number of carbonyl (C=O) groups is 1. The minimum Gasteiger partial charge on any atom is -0.478 e. The standard InChI is InChI=1S/C15H12N2O2S/c16-14-8-17(7-13(14)11-5-6-20-9-11)12-3-1-10(2-4-12)15(18)19/h1-9H,16H2,(H,18,19). The van der Waals surface area contributed by atoms with Crippen molar-refractivity contribution < 1.29 is 9.90 Å². The van der Waals surface area contributed by atoms with Crippen LogP contribution in [0.2, 0.25) is 0 Å². The van der Waals surface area contributed by atoms with Crippen LogP contribution in [0.15, 0.2) is 53.5 Å². The number of hydrogen-bond acceptors (Lipinski definition) is 3. The maximum absolute atomic E-state index is 10.8. The third-order valence-electron chi connectivity index (χ3n) is 3.10. The minimum atomic E-state index is -0.928. The zero-order valence-corrected chi connectivity index (χ0v) is 11.3. The summed E-state index contributed by atoms with van der Waals surface area (Å²) in [5.41, 5.74) is 9.96. The first-order valence-electron chi connectivity index (χ1n) is 5.99. The number of benzene rings is 1. The Labute approximate surface area is 119 Å². The van der Waals surface area contributed by atoms with Crippen LogP contribution in [-0.4, -0.2) is 15.6 Å².